The number of amides is 1. The molecule has 0 aliphatic carbocycles. The van der Waals surface area contributed by atoms with Gasteiger partial charge < -0.3 is 10.4 Å². The normalized spacial score (nSPS) is 10.5. The van der Waals surface area contributed by atoms with E-state index in [0.717, 1.165) is 0 Å². The number of nitrogens with one attached hydrogen (secondary N) is 1. The molecule has 0 unspecified atom stereocenters. The average molecular weight is 261 g/mol. The van der Waals surface area contributed by atoms with Crippen molar-refractivity contribution in [1.82, 2.24) is 4.90 Å². The Morgan fingerprint density at radius 3 is 2.84 bits per heavy atom. The van der Waals surface area contributed by atoms with Crippen LogP contribution in [0.2, 0.25) is 0 Å². The molecule has 0 saturated carbocycles. The molecule has 0 radical (unpaired) electrons. The van der Waals surface area contributed by atoms with Crippen LogP contribution in [0, 0.1) is 11.3 Å². The molecule has 0 saturated heterocycles. The van der Waals surface area contributed by atoms with E-state index in [4.69, 9.17) is 10.4 Å². The first-order valence-electron chi connectivity index (χ1n) is 6.21. The molecule has 102 valence electrons. The van der Waals surface area contributed by atoms with Crippen LogP contribution in [0.3, 0.4) is 0 Å². The lowest BCUT2D eigenvalue weighted by molar-refractivity contribution is -0.117. The van der Waals surface area contributed by atoms with Crippen LogP contribution in [-0.2, 0) is 4.79 Å². The maximum absolute atomic E-state index is 11.9. The van der Waals surface area contributed by atoms with Crippen molar-refractivity contribution >= 4 is 11.6 Å². The van der Waals surface area contributed by atoms with E-state index in [1.165, 1.54) is 0 Å². The minimum atomic E-state index is -0.155. The zero-order chi connectivity index (χ0) is 14.3. The summed E-state index contributed by atoms with van der Waals surface area (Å²) in [7, 11) is 0. The first kappa shape index (κ1) is 15.2. The van der Waals surface area contributed by atoms with Gasteiger partial charge in [0, 0.05) is 18.3 Å². The molecule has 1 aromatic rings. The predicted octanol–water partition coefficient (Wildman–Crippen LogP) is 1.20. The zero-order valence-electron chi connectivity index (χ0n) is 11.3. The lowest BCUT2D eigenvalue weighted by Crippen LogP contribution is -2.39. The van der Waals surface area contributed by atoms with Gasteiger partial charge in [0.1, 0.15) is 0 Å². The van der Waals surface area contributed by atoms with Crippen LogP contribution in [0.15, 0.2) is 24.3 Å². The highest BCUT2D eigenvalue weighted by molar-refractivity contribution is 5.92. The highest BCUT2D eigenvalue weighted by atomic mass is 16.3. The Morgan fingerprint density at radius 1 is 1.53 bits per heavy atom. The van der Waals surface area contributed by atoms with Gasteiger partial charge in [0.15, 0.2) is 0 Å². The van der Waals surface area contributed by atoms with Crippen molar-refractivity contribution in [2.75, 3.05) is 25.0 Å². The van der Waals surface area contributed by atoms with Crippen molar-refractivity contribution < 1.29 is 9.90 Å². The van der Waals surface area contributed by atoms with Gasteiger partial charge in [0.2, 0.25) is 5.91 Å². The number of aliphatic hydroxyl groups is 1. The van der Waals surface area contributed by atoms with Crippen LogP contribution in [0.25, 0.3) is 0 Å². The van der Waals surface area contributed by atoms with Crippen molar-refractivity contribution in [2.24, 2.45) is 0 Å². The largest absolute Gasteiger partial charge is 0.395 e. The van der Waals surface area contributed by atoms with Crippen molar-refractivity contribution in [1.29, 1.82) is 5.26 Å². The van der Waals surface area contributed by atoms with Gasteiger partial charge in [-0.1, -0.05) is 6.07 Å². The highest BCUT2D eigenvalue weighted by Gasteiger charge is 2.13. The SMILES string of the molecule is CC(C)N(CCO)CC(=O)Nc1cccc(C#N)c1. The summed E-state index contributed by atoms with van der Waals surface area (Å²) in [5, 5.41) is 20.5. The van der Waals surface area contributed by atoms with Crippen molar-refractivity contribution in [3.63, 3.8) is 0 Å². The molecule has 5 heteroatoms. The summed E-state index contributed by atoms with van der Waals surface area (Å²) in [6, 6.07) is 8.98. The van der Waals surface area contributed by atoms with Crippen LogP contribution in [0.4, 0.5) is 5.69 Å². The van der Waals surface area contributed by atoms with Crippen LogP contribution >= 0.6 is 0 Å². The molecule has 0 heterocycles. The number of hydrogen-bond donors (Lipinski definition) is 2. The zero-order valence-corrected chi connectivity index (χ0v) is 11.3. The Kier molecular flexibility index (Phi) is 6.00. The second-order valence-electron chi connectivity index (χ2n) is 4.53. The van der Waals surface area contributed by atoms with Gasteiger partial charge in [0.05, 0.1) is 24.8 Å². The van der Waals surface area contributed by atoms with E-state index >= 15 is 0 Å². The summed E-state index contributed by atoms with van der Waals surface area (Å²) in [5.41, 5.74) is 1.12. The molecule has 0 spiro atoms. The summed E-state index contributed by atoms with van der Waals surface area (Å²) in [6.45, 7) is 4.65. The van der Waals surface area contributed by atoms with Gasteiger partial charge in [0.25, 0.3) is 0 Å². The Labute approximate surface area is 113 Å². The molecule has 0 aliphatic heterocycles. The van der Waals surface area contributed by atoms with Crippen molar-refractivity contribution in [2.45, 2.75) is 19.9 Å². The second-order valence-corrected chi connectivity index (χ2v) is 4.53. The Bertz CT molecular complexity index is 466. The topological polar surface area (TPSA) is 76.4 Å². The van der Waals surface area contributed by atoms with E-state index in [0.29, 0.717) is 17.8 Å². The molecule has 0 aromatic heterocycles. The third kappa shape index (κ3) is 5.08. The summed E-state index contributed by atoms with van der Waals surface area (Å²) in [6.07, 6.45) is 0. The third-order valence-corrected chi connectivity index (χ3v) is 2.74. The van der Waals surface area contributed by atoms with Crippen molar-refractivity contribution in [3.8, 4) is 6.07 Å². The fourth-order valence-electron chi connectivity index (χ4n) is 1.70. The van der Waals surface area contributed by atoms with Gasteiger partial charge >= 0.3 is 0 Å². The molecular weight excluding hydrogens is 242 g/mol. The molecule has 1 aromatic carbocycles. The van der Waals surface area contributed by atoms with E-state index in [9.17, 15) is 4.79 Å². The van der Waals surface area contributed by atoms with Gasteiger partial charge in [-0.25, -0.2) is 0 Å². The Balaban J connectivity index is 2.61. The van der Waals surface area contributed by atoms with Crippen LogP contribution in [-0.4, -0.2) is 41.7 Å². The highest BCUT2D eigenvalue weighted by Crippen LogP contribution is 2.10. The number of rotatable bonds is 6. The number of hydrogen-bond acceptors (Lipinski definition) is 4. The quantitative estimate of drug-likeness (QED) is 0.806. The van der Waals surface area contributed by atoms with Crippen LogP contribution < -0.4 is 5.32 Å². The van der Waals surface area contributed by atoms with Gasteiger partial charge in [-0.05, 0) is 32.0 Å². The summed E-state index contributed by atoms with van der Waals surface area (Å²) >= 11 is 0. The summed E-state index contributed by atoms with van der Waals surface area (Å²) in [4.78, 5) is 13.8. The monoisotopic (exact) mass is 261 g/mol. The molecule has 0 bridgehead atoms. The van der Waals surface area contributed by atoms with E-state index in [-0.39, 0.29) is 25.1 Å². The Morgan fingerprint density at radius 2 is 2.26 bits per heavy atom. The smallest absolute Gasteiger partial charge is 0.238 e. The van der Waals surface area contributed by atoms with Gasteiger partial charge in [-0.2, -0.15) is 5.26 Å². The molecule has 5 nitrogen and oxygen atoms in total. The molecule has 0 atom stereocenters. The summed E-state index contributed by atoms with van der Waals surface area (Å²) in [5.74, 6) is -0.155. The van der Waals surface area contributed by atoms with E-state index in [2.05, 4.69) is 5.32 Å². The molecule has 1 amide bonds. The predicted molar refractivity (Wildman–Crippen MR) is 73.6 cm³/mol. The molecule has 19 heavy (non-hydrogen) atoms. The molecule has 0 aliphatic rings. The first-order chi connectivity index (χ1) is 9.06. The maximum Gasteiger partial charge on any atom is 0.238 e. The first-order valence-corrected chi connectivity index (χ1v) is 6.21. The van der Waals surface area contributed by atoms with E-state index < -0.39 is 0 Å². The van der Waals surface area contributed by atoms with E-state index in [1.54, 1.807) is 24.3 Å². The molecule has 0 fully saturated rings. The number of carbonyl (C=O) groups excluding carboxylic acids is 1. The fraction of sp³-hybridized carbons (Fsp3) is 0.429. The molecule has 1 rings (SSSR count). The Hall–Kier alpha value is -1.90. The maximum atomic E-state index is 11.9. The fourth-order valence-corrected chi connectivity index (χ4v) is 1.70. The lowest BCUT2D eigenvalue weighted by Gasteiger charge is -2.24. The standard InChI is InChI=1S/C14H19N3O2/c1-11(2)17(6-7-18)10-14(19)16-13-5-3-4-12(8-13)9-15/h3-5,8,11,18H,6-7,10H2,1-2H3,(H,16,19). The molecular formula is C14H19N3O2. The van der Waals surface area contributed by atoms with E-state index in [1.807, 2.05) is 24.8 Å². The molecule has 2 N–H and O–H groups in total. The van der Waals surface area contributed by atoms with Gasteiger partial charge in [-0.3, -0.25) is 9.69 Å². The second kappa shape index (κ2) is 7.52. The number of anilines is 1. The third-order valence-electron chi connectivity index (χ3n) is 2.74. The number of carbonyl (C=O) groups is 1. The number of nitrogens with zero attached hydrogens (tertiary/aromatic N) is 2. The average Bonchev–Trinajstić information content (AvgIpc) is 2.38. The lowest BCUT2D eigenvalue weighted by atomic mass is 10.2. The number of nitriles is 1. The van der Waals surface area contributed by atoms with Crippen LogP contribution in [0.1, 0.15) is 19.4 Å². The summed E-state index contributed by atoms with van der Waals surface area (Å²) < 4.78 is 0. The van der Waals surface area contributed by atoms with Crippen molar-refractivity contribution in [3.05, 3.63) is 29.8 Å². The van der Waals surface area contributed by atoms with Crippen LogP contribution in [0.5, 0.6) is 0 Å². The number of benzene rings is 1. The minimum Gasteiger partial charge on any atom is -0.395 e. The number of aliphatic hydroxyl groups excluding tert-OH is 1. The minimum absolute atomic E-state index is 0.0232. The van der Waals surface area contributed by atoms with Gasteiger partial charge in [-0.15, -0.1) is 0 Å².